The Hall–Kier alpha value is -1.76. The molecule has 0 N–H and O–H groups in total. The summed E-state index contributed by atoms with van der Waals surface area (Å²) in [5, 5.41) is 12.6. The predicted octanol–water partition coefficient (Wildman–Crippen LogP) is 1.30. The molecular formula is C14H20N6O. The molecule has 0 aliphatic carbocycles. The molecule has 4 rings (SSSR count). The van der Waals surface area contributed by atoms with Crippen LogP contribution in [0.25, 0.3) is 0 Å². The Bertz CT molecular complexity index is 625. The summed E-state index contributed by atoms with van der Waals surface area (Å²) in [7, 11) is 0. The number of nitrogens with zero attached hydrogens (tertiary/aromatic N) is 6. The normalized spacial score (nSPS) is 20.0. The Balaban J connectivity index is 1.38. The quantitative estimate of drug-likeness (QED) is 0.847. The van der Waals surface area contributed by atoms with Crippen molar-refractivity contribution in [1.82, 2.24) is 29.8 Å². The van der Waals surface area contributed by atoms with E-state index in [4.69, 9.17) is 4.52 Å². The molecule has 1 saturated heterocycles. The first-order valence-corrected chi connectivity index (χ1v) is 7.73. The molecule has 2 aliphatic heterocycles. The zero-order valence-electron chi connectivity index (χ0n) is 12.3. The fourth-order valence-corrected chi connectivity index (χ4v) is 3.42. The van der Waals surface area contributed by atoms with E-state index in [1.54, 1.807) is 0 Å². The molecule has 21 heavy (non-hydrogen) atoms. The van der Waals surface area contributed by atoms with Gasteiger partial charge < -0.3 is 9.09 Å². The van der Waals surface area contributed by atoms with Gasteiger partial charge in [-0.3, -0.25) is 4.90 Å². The Kier molecular flexibility index (Phi) is 3.21. The van der Waals surface area contributed by atoms with Gasteiger partial charge in [-0.2, -0.15) is 4.98 Å². The molecule has 2 aromatic heterocycles. The molecule has 0 aromatic carbocycles. The first-order valence-electron chi connectivity index (χ1n) is 7.73. The minimum Gasteiger partial charge on any atom is -0.338 e. The second-order valence-corrected chi connectivity index (χ2v) is 6.02. The molecule has 2 aromatic rings. The molecule has 0 atom stereocenters. The Morgan fingerprint density at radius 1 is 1.19 bits per heavy atom. The number of piperidine rings is 1. The van der Waals surface area contributed by atoms with E-state index in [1.807, 2.05) is 6.92 Å². The van der Waals surface area contributed by atoms with E-state index in [-0.39, 0.29) is 0 Å². The van der Waals surface area contributed by atoms with Crippen LogP contribution in [0.2, 0.25) is 0 Å². The van der Waals surface area contributed by atoms with E-state index in [2.05, 4.69) is 29.8 Å². The standard InChI is InChI=1S/C14H20N6O/c1-10-15-13(21-18-10)9-19-7-4-11(5-8-19)14-17-16-12-3-2-6-20(12)14/h11H,2-9H2,1H3. The SMILES string of the molecule is Cc1noc(CN2CCC(c3nnc4n3CCC4)CC2)n1. The van der Waals surface area contributed by atoms with E-state index in [0.29, 0.717) is 17.6 Å². The predicted molar refractivity (Wildman–Crippen MR) is 74.6 cm³/mol. The van der Waals surface area contributed by atoms with Crippen molar-refractivity contribution in [3.8, 4) is 0 Å². The van der Waals surface area contributed by atoms with Crippen molar-refractivity contribution in [1.29, 1.82) is 0 Å². The molecular weight excluding hydrogens is 268 g/mol. The van der Waals surface area contributed by atoms with Crippen LogP contribution >= 0.6 is 0 Å². The van der Waals surface area contributed by atoms with Crippen LogP contribution in [0.1, 0.15) is 48.5 Å². The maximum Gasteiger partial charge on any atom is 0.240 e. The van der Waals surface area contributed by atoms with E-state index in [9.17, 15) is 0 Å². The lowest BCUT2D eigenvalue weighted by Gasteiger charge is -2.30. The summed E-state index contributed by atoms with van der Waals surface area (Å²) in [6.45, 7) is 5.80. The van der Waals surface area contributed by atoms with Crippen LogP contribution in [0, 0.1) is 6.92 Å². The van der Waals surface area contributed by atoms with E-state index >= 15 is 0 Å². The largest absolute Gasteiger partial charge is 0.338 e. The van der Waals surface area contributed by atoms with Crippen molar-refractivity contribution in [3.05, 3.63) is 23.4 Å². The maximum atomic E-state index is 5.20. The maximum absolute atomic E-state index is 5.20. The molecule has 7 nitrogen and oxygen atoms in total. The number of likely N-dealkylation sites (tertiary alicyclic amines) is 1. The summed E-state index contributed by atoms with van der Waals surface area (Å²) in [5.74, 6) is 4.35. The van der Waals surface area contributed by atoms with E-state index in [1.165, 1.54) is 18.1 Å². The molecule has 0 unspecified atom stereocenters. The number of aromatic nitrogens is 5. The molecule has 1 fully saturated rings. The fraction of sp³-hybridized carbons (Fsp3) is 0.714. The highest BCUT2D eigenvalue weighted by Gasteiger charge is 2.28. The number of hydrogen-bond donors (Lipinski definition) is 0. The van der Waals surface area contributed by atoms with E-state index < -0.39 is 0 Å². The number of aryl methyl sites for hydroxylation is 2. The number of hydrogen-bond acceptors (Lipinski definition) is 6. The second kappa shape index (κ2) is 5.22. The highest BCUT2D eigenvalue weighted by atomic mass is 16.5. The zero-order valence-corrected chi connectivity index (χ0v) is 12.3. The third kappa shape index (κ3) is 2.46. The van der Waals surface area contributed by atoms with Gasteiger partial charge in [-0.15, -0.1) is 10.2 Å². The van der Waals surface area contributed by atoms with Gasteiger partial charge >= 0.3 is 0 Å². The Morgan fingerprint density at radius 3 is 2.81 bits per heavy atom. The average molecular weight is 288 g/mol. The van der Waals surface area contributed by atoms with Crippen LogP contribution in [0.4, 0.5) is 0 Å². The second-order valence-electron chi connectivity index (χ2n) is 6.02. The molecule has 0 bridgehead atoms. The van der Waals surface area contributed by atoms with Crippen LogP contribution in [-0.2, 0) is 19.5 Å². The fourth-order valence-electron chi connectivity index (χ4n) is 3.42. The topological polar surface area (TPSA) is 72.9 Å². The zero-order chi connectivity index (χ0) is 14.2. The lowest BCUT2D eigenvalue weighted by atomic mass is 9.96. The molecule has 0 radical (unpaired) electrons. The van der Waals surface area contributed by atoms with Gasteiger partial charge in [0.25, 0.3) is 0 Å². The Morgan fingerprint density at radius 2 is 2.05 bits per heavy atom. The Labute approximate surface area is 123 Å². The minimum atomic E-state index is 0.546. The van der Waals surface area contributed by atoms with Crippen LogP contribution < -0.4 is 0 Å². The molecule has 7 heteroatoms. The van der Waals surface area contributed by atoms with Crippen LogP contribution in [0.15, 0.2) is 4.52 Å². The highest BCUT2D eigenvalue weighted by molar-refractivity contribution is 5.07. The van der Waals surface area contributed by atoms with Gasteiger partial charge in [0.05, 0.1) is 6.54 Å². The monoisotopic (exact) mass is 288 g/mol. The lowest BCUT2D eigenvalue weighted by Crippen LogP contribution is -2.33. The van der Waals surface area contributed by atoms with Crippen molar-refractivity contribution in [2.75, 3.05) is 13.1 Å². The van der Waals surface area contributed by atoms with Crippen molar-refractivity contribution >= 4 is 0 Å². The summed E-state index contributed by atoms with van der Waals surface area (Å²) >= 11 is 0. The smallest absolute Gasteiger partial charge is 0.240 e. The van der Waals surface area contributed by atoms with Crippen molar-refractivity contribution in [2.45, 2.75) is 51.6 Å². The first-order chi connectivity index (χ1) is 10.3. The summed E-state index contributed by atoms with van der Waals surface area (Å²) in [6, 6.07) is 0. The molecule has 0 spiro atoms. The van der Waals surface area contributed by atoms with Gasteiger partial charge in [-0.1, -0.05) is 5.16 Å². The third-order valence-electron chi connectivity index (χ3n) is 4.52. The summed E-state index contributed by atoms with van der Waals surface area (Å²) in [4.78, 5) is 6.65. The van der Waals surface area contributed by atoms with Gasteiger partial charge in [0.1, 0.15) is 11.6 Å². The van der Waals surface area contributed by atoms with Crippen molar-refractivity contribution < 1.29 is 4.52 Å². The van der Waals surface area contributed by atoms with Crippen LogP contribution in [0.3, 0.4) is 0 Å². The van der Waals surface area contributed by atoms with Gasteiger partial charge in [-0.25, -0.2) is 0 Å². The molecule has 4 heterocycles. The molecule has 112 valence electrons. The number of rotatable bonds is 3. The molecule has 2 aliphatic rings. The van der Waals surface area contributed by atoms with Crippen molar-refractivity contribution in [2.24, 2.45) is 0 Å². The summed E-state index contributed by atoms with van der Waals surface area (Å²) < 4.78 is 7.53. The molecule has 0 amide bonds. The third-order valence-corrected chi connectivity index (χ3v) is 4.52. The van der Waals surface area contributed by atoms with E-state index in [0.717, 1.165) is 45.4 Å². The first kappa shape index (κ1) is 12.9. The van der Waals surface area contributed by atoms with Gasteiger partial charge in [0, 0.05) is 18.9 Å². The summed E-state index contributed by atoms with van der Waals surface area (Å²) in [6.07, 6.45) is 4.56. The van der Waals surface area contributed by atoms with Crippen LogP contribution in [0.5, 0.6) is 0 Å². The summed E-state index contributed by atoms with van der Waals surface area (Å²) in [5.41, 5.74) is 0. The molecule has 0 saturated carbocycles. The average Bonchev–Trinajstić information content (AvgIpc) is 3.17. The van der Waals surface area contributed by atoms with Gasteiger partial charge in [0.15, 0.2) is 5.82 Å². The van der Waals surface area contributed by atoms with Gasteiger partial charge in [0.2, 0.25) is 5.89 Å². The van der Waals surface area contributed by atoms with Crippen LogP contribution in [-0.4, -0.2) is 42.9 Å². The number of fused-ring (bicyclic) bond motifs is 1. The highest BCUT2D eigenvalue weighted by Crippen LogP contribution is 2.29. The lowest BCUT2D eigenvalue weighted by molar-refractivity contribution is 0.177. The van der Waals surface area contributed by atoms with Gasteiger partial charge in [-0.05, 0) is 39.3 Å². The minimum absolute atomic E-state index is 0.546. The van der Waals surface area contributed by atoms with Crippen molar-refractivity contribution in [3.63, 3.8) is 0 Å².